The van der Waals surface area contributed by atoms with Crippen molar-refractivity contribution in [2.45, 2.75) is 24.9 Å². The van der Waals surface area contributed by atoms with Gasteiger partial charge in [-0.25, -0.2) is 4.79 Å². The summed E-state index contributed by atoms with van der Waals surface area (Å²) in [6.45, 7) is 2.26. The summed E-state index contributed by atoms with van der Waals surface area (Å²) in [6, 6.07) is 2.17. The molecule has 0 spiro atoms. The highest BCUT2D eigenvalue weighted by Crippen LogP contribution is 2.20. The van der Waals surface area contributed by atoms with Crippen LogP contribution in [0.5, 0.6) is 0 Å². The van der Waals surface area contributed by atoms with Gasteiger partial charge in [0.2, 0.25) is 11.8 Å². The van der Waals surface area contributed by atoms with Crippen molar-refractivity contribution >= 4 is 17.9 Å². The van der Waals surface area contributed by atoms with Crippen LogP contribution in [0.2, 0.25) is 0 Å². The van der Waals surface area contributed by atoms with Crippen molar-refractivity contribution in [2.24, 2.45) is 0 Å². The van der Waals surface area contributed by atoms with Crippen LogP contribution < -0.4 is 5.32 Å². The van der Waals surface area contributed by atoms with E-state index < -0.39 is 18.2 Å². The lowest BCUT2D eigenvalue weighted by molar-refractivity contribution is -0.146. The van der Waals surface area contributed by atoms with Crippen LogP contribution in [0.25, 0.3) is 0 Å². The van der Waals surface area contributed by atoms with Gasteiger partial charge in [-0.3, -0.25) is 14.6 Å². The number of ether oxygens (including phenoxy) is 1. The molecule has 1 aromatic heterocycles. The van der Waals surface area contributed by atoms with Crippen molar-refractivity contribution in [3.63, 3.8) is 0 Å². The molecule has 9 heteroatoms. The molecule has 140 valence electrons. The van der Waals surface area contributed by atoms with E-state index in [0.29, 0.717) is 45.7 Å². The fourth-order valence-electron chi connectivity index (χ4n) is 3.36. The Bertz CT molecular complexity index is 662. The van der Waals surface area contributed by atoms with Crippen molar-refractivity contribution in [3.8, 4) is 0 Å². The zero-order valence-corrected chi connectivity index (χ0v) is 14.3. The van der Waals surface area contributed by atoms with E-state index in [1.807, 2.05) is 6.07 Å². The third-order valence-electron chi connectivity index (χ3n) is 4.67. The number of likely N-dealkylation sites (tertiary alicyclic amines) is 1. The molecule has 9 nitrogen and oxygen atoms in total. The number of amides is 3. The molecule has 2 atom stereocenters. The number of carboxylic acid groups (broad SMARTS) is 1. The fourth-order valence-corrected chi connectivity index (χ4v) is 3.36. The molecular formula is C17H22N4O5. The van der Waals surface area contributed by atoms with Gasteiger partial charge in [0, 0.05) is 38.4 Å². The van der Waals surface area contributed by atoms with E-state index in [9.17, 15) is 14.4 Å². The predicted molar refractivity (Wildman–Crippen MR) is 90.4 cm³/mol. The van der Waals surface area contributed by atoms with Gasteiger partial charge < -0.3 is 25.0 Å². The highest BCUT2D eigenvalue weighted by Gasteiger charge is 2.41. The second kappa shape index (κ2) is 8.13. The minimum atomic E-state index is -1.24. The van der Waals surface area contributed by atoms with Gasteiger partial charge in [0.1, 0.15) is 12.1 Å². The molecule has 0 aromatic carbocycles. The molecule has 2 fully saturated rings. The SMILES string of the molecule is O=C(O)N[C@H]1CCN([C@@H](Cc2cccnc2)C(=O)N2CCOCC2)C1=O. The topological polar surface area (TPSA) is 112 Å². The van der Waals surface area contributed by atoms with Crippen LogP contribution in [-0.2, 0) is 20.7 Å². The normalized spacial score (nSPS) is 21.5. The van der Waals surface area contributed by atoms with Gasteiger partial charge in [-0.1, -0.05) is 6.07 Å². The van der Waals surface area contributed by atoms with Gasteiger partial charge in [-0.15, -0.1) is 0 Å². The molecule has 2 aliphatic rings. The van der Waals surface area contributed by atoms with Crippen LogP contribution >= 0.6 is 0 Å². The first-order chi connectivity index (χ1) is 12.6. The summed E-state index contributed by atoms with van der Waals surface area (Å²) < 4.78 is 5.30. The molecule has 1 aromatic rings. The summed E-state index contributed by atoms with van der Waals surface area (Å²) in [5.74, 6) is -0.496. The number of hydrogen-bond acceptors (Lipinski definition) is 5. The number of hydrogen-bond donors (Lipinski definition) is 2. The zero-order chi connectivity index (χ0) is 18.5. The number of morpholine rings is 1. The Balaban J connectivity index is 1.79. The molecule has 0 unspecified atom stereocenters. The lowest BCUT2D eigenvalue weighted by Crippen LogP contribution is -2.54. The predicted octanol–water partition coefficient (Wildman–Crippen LogP) is -0.280. The summed E-state index contributed by atoms with van der Waals surface area (Å²) in [6.07, 6.45) is 2.78. The first-order valence-corrected chi connectivity index (χ1v) is 8.61. The van der Waals surface area contributed by atoms with E-state index in [1.165, 1.54) is 4.90 Å². The zero-order valence-electron chi connectivity index (χ0n) is 14.3. The maximum atomic E-state index is 13.1. The molecular weight excluding hydrogens is 340 g/mol. The van der Waals surface area contributed by atoms with E-state index in [4.69, 9.17) is 9.84 Å². The highest BCUT2D eigenvalue weighted by atomic mass is 16.5. The van der Waals surface area contributed by atoms with Gasteiger partial charge in [0.15, 0.2) is 0 Å². The number of aromatic nitrogens is 1. The molecule has 2 N–H and O–H groups in total. The molecule has 3 heterocycles. The molecule has 3 amide bonds. The maximum Gasteiger partial charge on any atom is 0.405 e. The van der Waals surface area contributed by atoms with Gasteiger partial charge >= 0.3 is 6.09 Å². The van der Waals surface area contributed by atoms with E-state index in [-0.39, 0.29) is 11.8 Å². The molecule has 0 bridgehead atoms. The van der Waals surface area contributed by atoms with Crippen molar-refractivity contribution < 1.29 is 24.2 Å². The Morgan fingerprint density at radius 1 is 1.35 bits per heavy atom. The number of carbonyl (C=O) groups excluding carboxylic acids is 2. The maximum absolute atomic E-state index is 13.1. The van der Waals surface area contributed by atoms with Crippen LogP contribution in [0.4, 0.5) is 4.79 Å². The summed E-state index contributed by atoms with van der Waals surface area (Å²) in [7, 11) is 0. The number of pyridine rings is 1. The number of nitrogens with one attached hydrogen (secondary N) is 1. The second-order valence-electron chi connectivity index (χ2n) is 6.34. The Labute approximate surface area is 150 Å². The van der Waals surface area contributed by atoms with Gasteiger partial charge in [0.25, 0.3) is 0 Å². The summed E-state index contributed by atoms with van der Waals surface area (Å²) >= 11 is 0. The summed E-state index contributed by atoms with van der Waals surface area (Å²) in [4.78, 5) is 43.9. The third kappa shape index (κ3) is 4.10. The van der Waals surface area contributed by atoms with Crippen LogP contribution in [-0.4, -0.2) is 82.7 Å². The molecule has 2 aliphatic heterocycles. The monoisotopic (exact) mass is 362 g/mol. The van der Waals surface area contributed by atoms with E-state index >= 15 is 0 Å². The molecule has 0 aliphatic carbocycles. The van der Waals surface area contributed by atoms with Crippen LogP contribution in [0.1, 0.15) is 12.0 Å². The van der Waals surface area contributed by atoms with Crippen molar-refractivity contribution in [2.75, 3.05) is 32.8 Å². The van der Waals surface area contributed by atoms with E-state index in [0.717, 1.165) is 5.56 Å². The number of rotatable bonds is 5. The van der Waals surface area contributed by atoms with Crippen molar-refractivity contribution in [1.29, 1.82) is 0 Å². The van der Waals surface area contributed by atoms with E-state index in [1.54, 1.807) is 23.4 Å². The van der Waals surface area contributed by atoms with Gasteiger partial charge in [0.05, 0.1) is 13.2 Å². The molecule has 2 saturated heterocycles. The Morgan fingerprint density at radius 3 is 2.77 bits per heavy atom. The third-order valence-corrected chi connectivity index (χ3v) is 4.67. The quantitative estimate of drug-likeness (QED) is 0.745. The lowest BCUT2D eigenvalue weighted by atomic mass is 10.0. The molecule has 3 rings (SSSR count). The number of carbonyl (C=O) groups is 3. The first kappa shape index (κ1) is 18.1. The lowest BCUT2D eigenvalue weighted by Gasteiger charge is -2.34. The highest BCUT2D eigenvalue weighted by molar-refractivity contribution is 5.92. The van der Waals surface area contributed by atoms with Crippen LogP contribution in [0.15, 0.2) is 24.5 Å². The van der Waals surface area contributed by atoms with E-state index in [2.05, 4.69) is 10.3 Å². The van der Waals surface area contributed by atoms with Crippen LogP contribution in [0.3, 0.4) is 0 Å². The largest absolute Gasteiger partial charge is 0.465 e. The van der Waals surface area contributed by atoms with Crippen molar-refractivity contribution in [3.05, 3.63) is 30.1 Å². The smallest absolute Gasteiger partial charge is 0.405 e. The molecule has 0 saturated carbocycles. The Morgan fingerprint density at radius 2 is 2.12 bits per heavy atom. The van der Waals surface area contributed by atoms with Crippen molar-refractivity contribution in [1.82, 2.24) is 20.1 Å². The van der Waals surface area contributed by atoms with Crippen LogP contribution in [0, 0.1) is 0 Å². The Hall–Kier alpha value is -2.68. The number of nitrogens with zero attached hydrogens (tertiary/aromatic N) is 3. The fraction of sp³-hybridized carbons (Fsp3) is 0.529. The molecule has 0 radical (unpaired) electrons. The first-order valence-electron chi connectivity index (χ1n) is 8.61. The average Bonchev–Trinajstić information content (AvgIpc) is 3.00. The standard InChI is InChI=1S/C17H22N4O5/c22-15-13(19-17(24)25)3-5-21(15)14(10-12-2-1-4-18-11-12)16(23)20-6-8-26-9-7-20/h1-2,4,11,13-14,19H,3,5-10H2,(H,24,25)/t13-,14-/m0/s1. The Kier molecular flexibility index (Phi) is 5.67. The minimum absolute atomic E-state index is 0.138. The summed E-state index contributed by atoms with van der Waals surface area (Å²) in [5.41, 5.74) is 0.849. The molecule has 26 heavy (non-hydrogen) atoms. The average molecular weight is 362 g/mol. The minimum Gasteiger partial charge on any atom is -0.465 e. The second-order valence-corrected chi connectivity index (χ2v) is 6.34. The van der Waals surface area contributed by atoms with Gasteiger partial charge in [-0.05, 0) is 18.1 Å². The summed E-state index contributed by atoms with van der Waals surface area (Å²) in [5, 5.41) is 11.1. The van der Waals surface area contributed by atoms with Gasteiger partial charge in [-0.2, -0.15) is 0 Å².